The fraction of sp³-hybridized carbons (Fsp3) is 0.571. The molecule has 11 heavy (non-hydrogen) atoms. The average molecular weight is 158 g/mol. The molecule has 1 aromatic heterocycles. The van der Waals surface area contributed by atoms with E-state index in [0.29, 0.717) is 19.5 Å². The summed E-state index contributed by atoms with van der Waals surface area (Å²) in [5.74, 6) is 0.781. The van der Waals surface area contributed by atoms with Gasteiger partial charge in [-0.1, -0.05) is 5.16 Å². The molecule has 0 saturated heterocycles. The molecule has 3 nitrogen and oxygen atoms in total. The smallest absolute Gasteiger partial charge is 0.150 e. The number of halogens is 1. The quantitative estimate of drug-likeness (QED) is 0.652. The Bertz CT molecular complexity index is 177. The second kappa shape index (κ2) is 4.85. The maximum atomic E-state index is 11.6. The van der Waals surface area contributed by atoms with Gasteiger partial charge < -0.3 is 9.84 Å². The van der Waals surface area contributed by atoms with E-state index in [9.17, 15) is 4.39 Å². The van der Waals surface area contributed by atoms with Gasteiger partial charge in [0.05, 0.1) is 19.4 Å². The van der Waals surface area contributed by atoms with E-state index in [2.05, 4.69) is 10.5 Å². The van der Waals surface area contributed by atoms with Crippen molar-refractivity contribution in [1.29, 1.82) is 0 Å². The monoisotopic (exact) mass is 158 g/mol. The molecule has 0 radical (unpaired) electrons. The maximum absolute atomic E-state index is 11.6. The minimum Gasteiger partial charge on any atom is -0.360 e. The Kier molecular flexibility index (Phi) is 3.61. The van der Waals surface area contributed by atoms with E-state index in [4.69, 9.17) is 4.52 Å². The Hall–Kier alpha value is -0.900. The van der Waals surface area contributed by atoms with Crippen molar-refractivity contribution >= 4 is 0 Å². The number of hydrogen-bond acceptors (Lipinski definition) is 3. The Balaban J connectivity index is 2.04. The number of hydrogen-bond donors (Lipinski definition) is 1. The van der Waals surface area contributed by atoms with Crippen LogP contribution in [-0.2, 0) is 6.54 Å². The highest BCUT2D eigenvalue weighted by Gasteiger charge is 1.94. The van der Waals surface area contributed by atoms with Gasteiger partial charge in [0, 0.05) is 6.07 Å². The van der Waals surface area contributed by atoms with Gasteiger partial charge in [-0.15, -0.1) is 0 Å². The SMILES string of the molecule is FCCCNCc1ccno1. The second-order valence-corrected chi connectivity index (χ2v) is 2.20. The van der Waals surface area contributed by atoms with Crippen LogP contribution in [0, 0.1) is 0 Å². The average Bonchev–Trinajstić information content (AvgIpc) is 2.50. The van der Waals surface area contributed by atoms with E-state index >= 15 is 0 Å². The highest BCUT2D eigenvalue weighted by molar-refractivity contribution is 4.91. The fourth-order valence-electron chi connectivity index (χ4n) is 0.737. The van der Waals surface area contributed by atoms with Crippen LogP contribution in [0.25, 0.3) is 0 Å². The van der Waals surface area contributed by atoms with Crippen LogP contribution in [0.2, 0.25) is 0 Å². The molecule has 0 aliphatic carbocycles. The summed E-state index contributed by atoms with van der Waals surface area (Å²) in [6.07, 6.45) is 2.14. The lowest BCUT2D eigenvalue weighted by Crippen LogP contribution is -2.14. The summed E-state index contributed by atoms with van der Waals surface area (Å²) in [7, 11) is 0. The number of aromatic nitrogens is 1. The summed E-state index contributed by atoms with van der Waals surface area (Å²) in [5, 5.41) is 6.55. The molecule has 62 valence electrons. The van der Waals surface area contributed by atoms with E-state index in [1.165, 1.54) is 0 Å². The van der Waals surface area contributed by atoms with Gasteiger partial charge in [-0.2, -0.15) is 0 Å². The number of nitrogens with zero attached hydrogens (tertiary/aromatic N) is 1. The van der Waals surface area contributed by atoms with E-state index in [1.54, 1.807) is 12.3 Å². The van der Waals surface area contributed by atoms with Crippen molar-refractivity contribution in [3.05, 3.63) is 18.0 Å². The van der Waals surface area contributed by atoms with Crippen molar-refractivity contribution in [2.45, 2.75) is 13.0 Å². The number of nitrogens with one attached hydrogen (secondary N) is 1. The van der Waals surface area contributed by atoms with E-state index in [1.807, 2.05) is 0 Å². The van der Waals surface area contributed by atoms with Crippen LogP contribution in [0.4, 0.5) is 4.39 Å². The van der Waals surface area contributed by atoms with Crippen molar-refractivity contribution in [3.63, 3.8) is 0 Å². The normalized spacial score (nSPS) is 10.3. The predicted octanol–water partition coefficient (Wildman–Crippen LogP) is 1.12. The van der Waals surface area contributed by atoms with Crippen LogP contribution < -0.4 is 5.32 Å². The third kappa shape index (κ3) is 3.13. The largest absolute Gasteiger partial charge is 0.360 e. The maximum Gasteiger partial charge on any atom is 0.150 e. The molecule has 0 aromatic carbocycles. The second-order valence-electron chi connectivity index (χ2n) is 2.20. The van der Waals surface area contributed by atoms with Crippen molar-refractivity contribution < 1.29 is 8.91 Å². The van der Waals surface area contributed by atoms with Crippen molar-refractivity contribution in [3.8, 4) is 0 Å². The van der Waals surface area contributed by atoms with Crippen LogP contribution in [0.5, 0.6) is 0 Å². The van der Waals surface area contributed by atoms with Crippen LogP contribution in [0.3, 0.4) is 0 Å². The van der Waals surface area contributed by atoms with Crippen molar-refractivity contribution in [2.24, 2.45) is 0 Å². The zero-order valence-corrected chi connectivity index (χ0v) is 6.22. The third-order valence-corrected chi connectivity index (χ3v) is 1.28. The van der Waals surface area contributed by atoms with Gasteiger partial charge in [0.2, 0.25) is 0 Å². The molecule has 1 heterocycles. The van der Waals surface area contributed by atoms with Gasteiger partial charge in [0.25, 0.3) is 0 Å². The molecule has 0 fully saturated rings. The first-order valence-corrected chi connectivity index (χ1v) is 3.59. The molecular weight excluding hydrogens is 147 g/mol. The molecule has 0 amide bonds. The summed E-state index contributed by atoms with van der Waals surface area (Å²) < 4.78 is 16.4. The molecular formula is C7H11FN2O. The Morgan fingerprint density at radius 1 is 1.64 bits per heavy atom. The summed E-state index contributed by atoms with van der Waals surface area (Å²) in [6.45, 7) is 1.03. The zero-order chi connectivity index (χ0) is 7.94. The lowest BCUT2D eigenvalue weighted by Gasteiger charge is -1.97. The standard InChI is InChI=1S/C7H11FN2O/c8-3-1-4-9-6-7-2-5-10-11-7/h2,5,9H,1,3-4,6H2. The molecule has 0 saturated carbocycles. The van der Waals surface area contributed by atoms with Gasteiger partial charge in [-0.3, -0.25) is 4.39 Å². The molecule has 1 N–H and O–H groups in total. The highest BCUT2D eigenvalue weighted by Crippen LogP contribution is 1.94. The molecule has 0 bridgehead atoms. The molecule has 1 aromatic rings. The van der Waals surface area contributed by atoms with E-state index in [-0.39, 0.29) is 6.67 Å². The molecule has 0 unspecified atom stereocenters. The molecule has 4 heteroatoms. The summed E-state index contributed by atoms with van der Waals surface area (Å²) in [5.41, 5.74) is 0. The minimum atomic E-state index is -0.274. The van der Waals surface area contributed by atoms with Crippen LogP contribution >= 0.6 is 0 Å². The topological polar surface area (TPSA) is 38.1 Å². The van der Waals surface area contributed by atoms with Crippen molar-refractivity contribution in [2.75, 3.05) is 13.2 Å². The molecule has 0 atom stereocenters. The zero-order valence-electron chi connectivity index (χ0n) is 6.22. The molecule has 0 spiro atoms. The summed E-state index contributed by atoms with van der Waals surface area (Å²) in [6, 6.07) is 1.78. The molecule has 0 aliphatic rings. The first-order valence-electron chi connectivity index (χ1n) is 3.59. The van der Waals surface area contributed by atoms with Crippen LogP contribution in [0.15, 0.2) is 16.8 Å². The third-order valence-electron chi connectivity index (χ3n) is 1.28. The molecule has 0 aliphatic heterocycles. The Morgan fingerprint density at radius 2 is 2.55 bits per heavy atom. The Labute approximate surface area is 64.6 Å². The lowest BCUT2D eigenvalue weighted by molar-refractivity contribution is 0.369. The Morgan fingerprint density at radius 3 is 3.18 bits per heavy atom. The predicted molar refractivity (Wildman–Crippen MR) is 38.8 cm³/mol. The summed E-state index contributed by atoms with van der Waals surface area (Å²) >= 11 is 0. The molecule has 1 rings (SSSR count). The van der Waals surface area contributed by atoms with Gasteiger partial charge in [-0.25, -0.2) is 0 Å². The van der Waals surface area contributed by atoms with Gasteiger partial charge in [0.1, 0.15) is 5.76 Å². The first kappa shape index (κ1) is 8.20. The first-order chi connectivity index (χ1) is 5.43. The fourth-order valence-corrected chi connectivity index (χ4v) is 0.737. The number of alkyl halides is 1. The van der Waals surface area contributed by atoms with Gasteiger partial charge in [-0.05, 0) is 13.0 Å². The minimum absolute atomic E-state index is 0.274. The van der Waals surface area contributed by atoms with Crippen LogP contribution in [-0.4, -0.2) is 18.4 Å². The van der Waals surface area contributed by atoms with E-state index < -0.39 is 0 Å². The van der Waals surface area contributed by atoms with Crippen LogP contribution in [0.1, 0.15) is 12.2 Å². The highest BCUT2D eigenvalue weighted by atomic mass is 19.1. The van der Waals surface area contributed by atoms with Gasteiger partial charge in [0.15, 0.2) is 0 Å². The number of rotatable bonds is 5. The van der Waals surface area contributed by atoms with Crippen molar-refractivity contribution in [1.82, 2.24) is 10.5 Å². The van der Waals surface area contributed by atoms with E-state index in [0.717, 1.165) is 5.76 Å². The summed E-state index contributed by atoms with van der Waals surface area (Å²) in [4.78, 5) is 0. The lowest BCUT2D eigenvalue weighted by atomic mass is 10.4. The van der Waals surface area contributed by atoms with Gasteiger partial charge >= 0.3 is 0 Å².